The number of ether oxygens (including phenoxy) is 1. The average Bonchev–Trinajstić information content (AvgIpc) is 2.95. The van der Waals surface area contributed by atoms with E-state index < -0.39 is 24.0 Å². The van der Waals surface area contributed by atoms with Crippen LogP contribution in [0.2, 0.25) is 0 Å². The number of likely N-dealkylation sites (tertiary alicyclic amines) is 1. The molecule has 29 heavy (non-hydrogen) atoms. The molecule has 1 aliphatic carbocycles. The van der Waals surface area contributed by atoms with E-state index in [0.29, 0.717) is 18.5 Å². The SMILES string of the molecule is Cc1cccc(C)c1NC(=O)[C@@H](C)OC(=O)[C@H](C)N1C(=O)[C@H]2CCCC[C@@H]2C1=O. The third kappa shape index (κ3) is 4.04. The molecule has 156 valence electrons. The fraction of sp³-hybridized carbons (Fsp3) is 0.545. The Morgan fingerprint density at radius 2 is 1.55 bits per heavy atom. The number of hydrogen-bond donors (Lipinski definition) is 1. The Morgan fingerprint density at radius 1 is 1.03 bits per heavy atom. The van der Waals surface area contributed by atoms with E-state index in [1.807, 2.05) is 32.0 Å². The van der Waals surface area contributed by atoms with Gasteiger partial charge in [0.1, 0.15) is 6.04 Å². The van der Waals surface area contributed by atoms with E-state index in [0.717, 1.165) is 28.9 Å². The number of esters is 1. The highest BCUT2D eigenvalue weighted by molar-refractivity contribution is 6.08. The monoisotopic (exact) mass is 400 g/mol. The molecule has 0 spiro atoms. The predicted molar refractivity (Wildman–Crippen MR) is 107 cm³/mol. The summed E-state index contributed by atoms with van der Waals surface area (Å²) < 4.78 is 5.29. The van der Waals surface area contributed by atoms with Crippen LogP contribution in [-0.2, 0) is 23.9 Å². The molecule has 4 atom stereocenters. The van der Waals surface area contributed by atoms with Gasteiger partial charge < -0.3 is 10.1 Å². The van der Waals surface area contributed by atoms with Crippen LogP contribution in [0.25, 0.3) is 0 Å². The molecule has 1 saturated carbocycles. The van der Waals surface area contributed by atoms with Gasteiger partial charge in [-0.2, -0.15) is 0 Å². The van der Waals surface area contributed by atoms with Crippen molar-refractivity contribution in [2.45, 2.75) is 65.5 Å². The van der Waals surface area contributed by atoms with Crippen molar-refractivity contribution in [2.24, 2.45) is 11.8 Å². The van der Waals surface area contributed by atoms with Crippen molar-refractivity contribution < 1.29 is 23.9 Å². The summed E-state index contributed by atoms with van der Waals surface area (Å²) in [6.07, 6.45) is 2.15. The normalized spacial score (nSPS) is 23.4. The zero-order chi connectivity index (χ0) is 21.3. The number of nitrogens with zero attached hydrogens (tertiary/aromatic N) is 1. The summed E-state index contributed by atoms with van der Waals surface area (Å²) in [6, 6.07) is 4.61. The van der Waals surface area contributed by atoms with Gasteiger partial charge in [0.15, 0.2) is 6.10 Å². The van der Waals surface area contributed by atoms with E-state index in [1.165, 1.54) is 13.8 Å². The highest BCUT2D eigenvalue weighted by atomic mass is 16.5. The molecule has 2 aliphatic rings. The van der Waals surface area contributed by atoms with Crippen LogP contribution in [-0.4, -0.2) is 40.7 Å². The number of rotatable bonds is 5. The van der Waals surface area contributed by atoms with Crippen molar-refractivity contribution >= 4 is 29.4 Å². The third-order valence-electron chi connectivity index (χ3n) is 6.00. The first-order chi connectivity index (χ1) is 13.7. The summed E-state index contributed by atoms with van der Waals surface area (Å²) in [6.45, 7) is 6.71. The first kappa shape index (κ1) is 21.0. The predicted octanol–water partition coefficient (Wildman–Crippen LogP) is 2.74. The molecule has 1 heterocycles. The Labute approximate surface area is 170 Å². The Bertz CT molecular complexity index is 805. The van der Waals surface area contributed by atoms with Crippen LogP contribution in [0.3, 0.4) is 0 Å². The van der Waals surface area contributed by atoms with Gasteiger partial charge in [-0.3, -0.25) is 19.3 Å². The Balaban J connectivity index is 1.64. The second-order valence-corrected chi connectivity index (χ2v) is 8.06. The van der Waals surface area contributed by atoms with Crippen LogP contribution in [0.4, 0.5) is 5.69 Å². The zero-order valence-electron chi connectivity index (χ0n) is 17.4. The fourth-order valence-corrected chi connectivity index (χ4v) is 4.24. The summed E-state index contributed by atoms with van der Waals surface area (Å²) in [5, 5.41) is 2.79. The molecule has 1 aromatic carbocycles. The number of anilines is 1. The van der Waals surface area contributed by atoms with E-state index in [9.17, 15) is 19.2 Å². The highest BCUT2D eigenvalue weighted by Gasteiger charge is 2.51. The number of aryl methyl sites for hydroxylation is 2. The van der Waals surface area contributed by atoms with Crippen LogP contribution in [0, 0.1) is 25.7 Å². The largest absolute Gasteiger partial charge is 0.451 e. The van der Waals surface area contributed by atoms with Crippen LogP contribution >= 0.6 is 0 Å². The number of fused-ring (bicyclic) bond motifs is 1. The van der Waals surface area contributed by atoms with Crippen molar-refractivity contribution in [1.82, 2.24) is 4.90 Å². The molecular weight excluding hydrogens is 372 g/mol. The molecule has 2 fully saturated rings. The maximum atomic E-state index is 12.6. The van der Waals surface area contributed by atoms with Crippen molar-refractivity contribution in [3.05, 3.63) is 29.3 Å². The summed E-state index contributed by atoms with van der Waals surface area (Å²) in [5.41, 5.74) is 2.49. The van der Waals surface area contributed by atoms with E-state index in [2.05, 4.69) is 5.32 Å². The van der Waals surface area contributed by atoms with Gasteiger partial charge in [-0.15, -0.1) is 0 Å². The third-order valence-corrected chi connectivity index (χ3v) is 6.00. The van der Waals surface area contributed by atoms with Crippen LogP contribution < -0.4 is 5.32 Å². The number of carbonyl (C=O) groups is 4. The Morgan fingerprint density at radius 3 is 2.07 bits per heavy atom. The number of hydrogen-bond acceptors (Lipinski definition) is 5. The first-order valence-corrected chi connectivity index (χ1v) is 10.2. The summed E-state index contributed by atoms with van der Waals surface area (Å²) in [7, 11) is 0. The standard InChI is InChI=1S/C22H28N2O5/c1-12-8-7-9-13(2)18(12)23-19(25)15(4)29-22(28)14(3)24-20(26)16-10-5-6-11-17(16)21(24)27/h7-9,14-17H,5-6,10-11H2,1-4H3,(H,23,25)/t14-,15+,16-,17-/m0/s1. The highest BCUT2D eigenvalue weighted by Crippen LogP contribution is 2.39. The summed E-state index contributed by atoms with van der Waals surface area (Å²) in [5.74, 6) is -2.45. The molecule has 7 heteroatoms. The zero-order valence-corrected chi connectivity index (χ0v) is 17.4. The molecule has 1 aliphatic heterocycles. The molecule has 0 bridgehead atoms. The smallest absolute Gasteiger partial charge is 0.329 e. The fourth-order valence-electron chi connectivity index (χ4n) is 4.24. The van der Waals surface area contributed by atoms with Gasteiger partial charge in [-0.05, 0) is 51.7 Å². The van der Waals surface area contributed by atoms with Gasteiger partial charge in [0.2, 0.25) is 11.8 Å². The molecule has 0 unspecified atom stereocenters. The van der Waals surface area contributed by atoms with Crippen LogP contribution in [0.15, 0.2) is 18.2 Å². The molecule has 1 saturated heterocycles. The van der Waals surface area contributed by atoms with Crippen molar-refractivity contribution in [2.75, 3.05) is 5.32 Å². The molecule has 7 nitrogen and oxygen atoms in total. The average molecular weight is 400 g/mol. The maximum Gasteiger partial charge on any atom is 0.329 e. The number of carbonyl (C=O) groups excluding carboxylic acids is 4. The summed E-state index contributed by atoms with van der Waals surface area (Å²) in [4.78, 5) is 51.4. The number of para-hydroxylation sites is 1. The lowest BCUT2D eigenvalue weighted by Gasteiger charge is -2.23. The number of benzene rings is 1. The lowest BCUT2D eigenvalue weighted by molar-refractivity contribution is -0.163. The lowest BCUT2D eigenvalue weighted by Crippen LogP contribution is -2.46. The van der Waals surface area contributed by atoms with Gasteiger partial charge in [0, 0.05) is 5.69 Å². The second-order valence-electron chi connectivity index (χ2n) is 8.06. The molecule has 3 amide bonds. The Kier molecular flexibility index (Phi) is 6.05. The van der Waals surface area contributed by atoms with Crippen LogP contribution in [0.1, 0.15) is 50.7 Å². The van der Waals surface area contributed by atoms with Gasteiger partial charge in [0.05, 0.1) is 11.8 Å². The first-order valence-electron chi connectivity index (χ1n) is 10.2. The van der Waals surface area contributed by atoms with Gasteiger partial charge in [-0.1, -0.05) is 31.0 Å². The van der Waals surface area contributed by atoms with Gasteiger partial charge in [-0.25, -0.2) is 4.79 Å². The van der Waals surface area contributed by atoms with Crippen molar-refractivity contribution in [3.63, 3.8) is 0 Å². The summed E-state index contributed by atoms with van der Waals surface area (Å²) >= 11 is 0. The molecule has 1 aromatic rings. The number of imide groups is 1. The quantitative estimate of drug-likeness (QED) is 0.606. The lowest BCUT2D eigenvalue weighted by atomic mass is 9.81. The van der Waals surface area contributed by atoms with Crippen molar-refractivity contribution in [3.8, 4) is 0 Å². The van der Waals surface area contributed by atoms with Gasteiger partial charge >= 0.3 is 5.97 Å². The molecule has 1 N–H and O–H groups in total. The molecule has 3 rings (SSSR count). The van der Waals surface area contributed by atoms with Crippen molar-refractivity contribution in [1.29, 1.82) is 0 Å². The molecule has 0 radical (unpaired) electrons. The molecule has 0 aromatic heterocycles. The number of amides is 3. The number of nitrogens with one attached hydrogen (secondary N) is 1. The van der Waals surface area contributed by atoms with E-state index >= 15 is 0 Å². The minimum Gasteiger partial charge on any atom is -0.451 e. The molecular formula is C22H28N2O5. The van der Waals surface area contributed by atoms with E-state index in [1.54, 1.807) is 0 Å². The Hall–Kier alpha value is -2.70. The van der Waals surface area contributed by atoms with Gasteiger partial charge in [0.25, 0.3) is 5.91 Å². The van der Waals surface area contributed by atoms with Crippen LogP contribution in [0.5, 0.6) is 0 Å². The second kappa shape index (κ2) is 8.35. The maximum absolute atomic E-state index is 12.6. The minimum absolute atomic E-state index is 0.295. The van der Waals surface area contributed by atoms with E-state index in [-0.39, 0.29) is 23.7 Å². The minimum atomic E-state index is -1.06. The topological polar surface area (TPSA) is 92.8 Å². The van der Waals surface area contributed by atoms with E-state index in [4.69, 9.17) is 4.74 Å².